The van der Waals surface area contributed by atoms with E-state index in [4.69, 9.17) is 9.47 Å². The zero-order chi connectivity index (χ0) is 27.4. The zero-order valence-corrected chi connectivity index (χ0v) is 23.3. The van der Waals surface area contributed by atoms with E-state index in [2.05, 4.69) is 26.1 Å². The molecule has 0 aromatic heterocycles. The van der Waals surface area contributed by atoms with Crippen molar-refractivity contribution in [2.24, 2.45) is 0 Å². The van der Waals surface area contributed by atoms with Gasteiger partial charge in [-0.25, -0.2) is 8.42 Å². The van der Waals surface area contributed by atoms with Gasteiger partial charge < -0.3 is 14.8 Å². The predicted molar refractivity (Wildman–Crippen MR) is 147 cm³/mol. The number of hydrogen-bond acceptors (Lipinski definition) is 5. The molecule has 0 aliphatic carbocycles. The maximum atomic E-state index is 13.8. The van der Waals surface area contributed by atoms with Crippen molar-refractivity contribution >= 4 is 21.6 Å². The Morgan fingerprint density at radius 1 is 0.946 bits per heavy atom. The Labute approximate surface area is 220 Å². The molecule has 8 heteroatoms. The summed E-state index contributed by atoms with van der Waals surface area (Å²) in [6.45, 7) is 9.73. The van der Waals surface area contributed by atoms with Crippen molar-refractivity contribution in [1.82, 2.24) is 5.32 Å². The maximum absolute atomic E-state index is 13.8. The minimum absolute atomic E-state index is 0.0195. The van der Waals surface area contributed by atoms with E-state index in [0.717, 1.165) is 15.4 Å². The number of carbonyl (C=O) groups excluding carboxylic acids is 1. The number of anilines is 1. The normalized spacial score (nSPS) is 12.5. The molecule has 3 rings (SSSR count). The fraction of sp³-hybridized carbons (Fsp3) is 0.345. The van der Waals surface area contributed by atoms with Gasteiger partial charge in [0.25, 0.3) is 10.0 Å². The van der Waals surface area contributed by atoms with Crippen LogP contribution in [0.1, 0.15) is 50.4 Å². The van der Waals surface area contributed by atoms with Gasteiger partial charge in [-0.05, 0) is 54.7 Å². The molecule has 198 valence electrons. The molecule has 0 radical (unpaired) electrons. The fourth-order valence-corrected chi connectivity index (χ4v) is 5.32. The van der Waals surface area contributed by atoms with E-state index in [1.165, 1.54) is 31.9 Å². The number of hydrogen-bond donors (Lipinski definition) is 1. The summed E-state index contributed by atoms with van der Waals surface area (Å²) in [5.74, 6) is 0.288. The summed E-state index contributed by atoms with van der Waals surface area (Å²) in [5, 5.41) is 2.94. The first-order chi connectivity index (χ1) is 17.4. The van der Waals surface area contributed by atoms with Crippen LogP contribution in [0.15, 0.2) is 71.6 Å². The monoisotopic (exact) mass is 524 g/mol. The third-order valence-corrected chi connectivity index (χ3v) is 7.98. The quantitative estimate of drug-likeness (QED) is 0.406. The van der Waals surface area contributed by atoms with E-state index in [1.54, 1.807) is 30.3 Å². The smallest absolute Gasteiger partial charge is 0.264 e. The molecule has 0 bridgehead atoms. The Balaban J connectivity index is 1.94. The van der Waals surface area contributed by atoms with Gasteiger partial charge in [0.05, 0.1) is 30.8 Å². The van der Waals surface area contributed by atoms with Crippen LogP contribution in [0.3, 0.4) is 0 Å². The Morgan fingerprint density at radius 3 is 2.11 bits per heavy atom. The minimum atomic E-state index is -4.11. The molecule has 0 fully saturated rings. The van der Waals surface area contributed by atoms with E-state index >= 15 is 0 Å². The van der Waals surface area contributed by atoms with Crippen molar-refractivity contribution in [3.05, 3.63) is 83.4 Å². The first-order valence-corrected chi connectivity index (χ1v) is 13.5. The van der Waals surface area contributed by atoms with Crippen molar-refractivity contribution in [3.8, 4) is 11.5 Å². The molecule has 0 spiro atoms. The van der Waals surface area contributed by atoms with Gasteiger partial charge in [0.1, 0.15) is 18.0 Å². The number of nitrogens with zero attached hydrogens (tertiary/aromatic N) is 1. The van der Waals surface area contributed by atoms with Crippen molar-refractivity contribution in [2.45, 2.75) is 51.0 Å². The number of methoxy groups -OCH3 is 2. The Bertz CT molecular complexity index is 1330. The van der Waals surface area contributed by atoms with E-state index in [0.29, 0.717) is 11.5 Å². The van der Waals surface area contributed by atoms with Gasteiger partial charge in [-0.2, -0.15) is 0 Å². The van der Waals surface area contributed by atoms with Crippen LogP contribution in [-0.4, -0.2) is 35.1 Å². The first-order valence-electron chi connectivity index (χ1n) is 12.1. The molecule has 3 aromatic carbocycles. The fourth-order valence-electron chi connectivity index (χ4n) is 3.90. The zero-order valence-electron chi connectivity index (χ0n) is 22.5. The van der Waals surface area contributed by atoms with Crippen LogP contribution in [0.4, 0.5) is 5.69 Å². The molecule has 7 nitrogen and oxygen atoms in total. The Kier molecular flexibility index (Phi) is 8.53. The summed E-state index contributed by atoms with van der Waals surface area (Å²) in [5.41, 5.74) is 3.27. The molecule has 0 aliphatic heterocycles. The SMILES string of the molecule is COc1ccc(OC)c(N(CC(=O)N[C@@H](C)c2ccc(C(C)(C)C)cc2)S(=O)(=O)c2ccc(C)cc2)c1. The van der Waals surface area contributed by atoms with Gasteiger partial charge in [0, 0.05) is 6.07 Å². The van der Waals surface area contributed by atoms with Crippen molar-refractivity contribution in [1.29, 1.82) is 0 Å². The molecule has 0 saturated carbocycles. The molecule has 1 N–H and O–H groups in total. The van der Waals surface area contributed by atoms with Gasteiger partial charge in [-0.3, -0.25) is 9.10 Å². The number of ether oxygens (including phenoxy) is 2. The van der Waals surface area contributed by atoms with Crippen LogP contribution in [0.2, 0.25) is 0 Å². The Morgan fingerprint density at radius 2 is 1.57 bits per heavy atom. The number of rotatable bonds is 9. The topological polar surface area (TPSA) is 84.9 Å². The van der Waals surface area contributed by atoms with Gasteiger partial charge in [-0.1, -0.05) is 62.7 Å². The van der Waals surface area contributed by atoms with E-state index in [-0.39, 0.29) is 22.0 Å². The number of carbonyl (C=O) groups is 1. The lowest BCUT2D eigenvalue weighted by molar-refractivity contribution is -0.120. The molecule has 1 amide bonds. The van der Waals surface area contributed by atoms with Crippen molar-refractivity contribution in [3.63, 3.8) is 0 Å². The van der Waals surface area contributed by atoms with E-state index in [1.807, 2.05) is 38.1 Å². The van der Waals surface area contributed by atoms with Gasteiger partial charge >= 0.3 is 0 Å². The Hall–Kier alpha value is -3.52. The second-order valence-electron chi connectivity index (χ2n) is 10.0. The molecule has 0 heterocycles. The van der Waals surface area contributed by atoms with Gasteiger partial charge in [0.15, 0.2) is 0 Å². The maximum Gasteiger partial charge on any atom is 0.264 e. The molecular formula is C29H36N2O5S. The lowest BCUT2D eigenvalue weighted by atomic mass is 9.86. The van der Waals surface area contributed by atoms with E-state index in [9.17, 15) is 13.2 Å². The number of amides is 1. The molecule has 37 heavy (non-hydrogen) atoms. The van der Waals surface area contributed by atoms with Crippen LogP contribution in [-0.2, 0) is 20.2 Å². The van der Waals surface area contributed by atoms with Crippen LogP contribution in [0.25, 0.3) is 0 Å². The molecule has 3 aromatic rings. The van der Waals surface area contributed by atoms with Crippen molar-refractivity contribution in [2.75, 3.05) is 25.1 Å². The number of aryl methyl sites for hydroxylation is 1. The highest BCUT2D eigenvalue weighted by Gasteiger charge is 2.30. The summed E-state index contributed by atoms with van der Waals surface area (Å²) in [7, 11) is -1.17. The second-order valence-corrected chi connectivity index (χ2v) is 11.9. The third kappa shape index (κ3) is 6.63. The molecular weight excluding hydrogens is 488 g/mol. The summed E-state index contributed by atoms with van der Waals surface area (Å²) < 4.78 is 39.4. The van der Waals surface area contributed by atoms with Crippen LogP contribution >= 0.6 is 0 Å². The summed E-state index contributed by atoms with van der Waals surface area (Å²) in [6.07, 6.45) is 0. The number of sulfonamides is 1. The summed E-state index contributed by atoms with van der Waals surface area (Å²) in [6, 6.07) is 19.1. The lowest BCUT2D eigenvalue weighted by Crippen LogP contribution is -2.41. The largest absolute Gasteiger partial charge is 0.497 e. The average Bonchev–Trinajstić information content (AvgIpc) is 2.86. The number of nitrogens with one attached hydrogen (secondary N) is 1. The van der Waals surface area contributed by atoms with Gasteiger partial charge in [0.2, 0.25) is 5.91 Å². The predicted octanol–water partition coefficient (Wildman–Crippen LogP) is 5.38. The first kappa shape index (κ1) is 28.1. The lowest BCUT2D eigenvalue weighted by Gasteiger charge is -2.27. The minimum Gasteiger partial charge on any atom is -0.497 e. The average molecular weight is 525 g/mol. The number of benzene rings is 3. The summed E-state index contributed by atoms with van der Waals surface area (Å²) in [4.78, 5) is 13.3. The molecule has 1 atom stereocenters. The summed E-state index contributed by atoms with van der Waals surface area (Å²) >= 11 is 0. The van der Waals surface area contributed by atoms with E-state index < -0.39 is 22.5 Å². The molecule has 0 unspecified atom stereocenters. The highest BCUT2D eigenvalue weighted by atomic mass is 32.2. The van der Waals surface area contributed by atoms with Crippen LogP contribution in [0, 0.1) is 6.92 Å². The van der Waals surface area contributed by atoms with Crippen LogP contribution < -0.4 is 19.1 Å². The molecule has 0 aliphatic rings. The highest BCUT2D eigenvalue weighted by molar-refractivity contribution is 7.92. The van der Waals surface area contributed by atoms with Gasteiger partial charge in [-0.15, -0.1) is 0 Å². The van der Waals surface area contributed by atoms with Crippen LogP contribution in [0.5, 0.6) is 11.5 Å². The standard InChI is InChI=1S/C29H36N2O5S/c1-20-8-15-25(16-9-20)37(33,34)31(26-18-24(35-6)14-17-27(26)36-7)19-28(32)30-21(2)22-10-12-23(13-11-22)29(3,4)5/h8-18,21H,19H2,1-7H3,(H,30,32)/t21-/m0/s1. The van der Waals surface area contributed by atoms with Crippen molar-refractivity contribution < 1.29 is 22.7 Å². The highest BCUT2D eigenvalue weighted by Crippen LogP contribution is 2.35. The third-order valence-electron chi connectivity index (χ3n) is 6.21. The second kappa shape index (κ2) is 11.3. The molecule has 0 saturated heterocycles.